The average Bonchev–Trinajstić information content (AvgIpc) is 3.63. The summed E-state index contributed by atoms with van der Waals surface area (Å²) in [6, 6.07) is 12.1. The number of aryl methyl sites for hydroxylation is 1. The van der Waals surface area contributed by atoms with Crippen molar-refractivity contribution in [3.05, 3.63) is 60.0 Å². The second-order valence-electron chi connectivity index (χ2n) is 8.67. The Labute approximate surface area is 204 Å². The van der Waals surface area contributed by atoms with E-state index in [2.05, 4.69) is 39.2 Å². The number of aromatic nitrogens is 4. The first-order valence-electron chi connectivity index (χ1n) is 12.0. The van der Waals surface area contributed by atoms with Crippen LogP contribution < -0.4 is 5.32 Å². The number of rotatable bonds is 5. The highest BCUT2D eigenvalue weighted by atomic mass is 32.1. The van der Waals surface area contributed by atoms with Crippen LogP contribution in [0.4, 0.5) is 11.6 Å². The Kier molecular flexibility index (Phi) is 7.38. The fourth-order valence-corrected chi connectivity index (χ4v) is 5.14. The maximum Gasteiger partial charge on any atom is 0.143 e. The highest BCUT2D eigenvalue weighted by molar-refractivity contribution is 7.21. The van der Waals surface area contributed by atoms with Gasteiger partial charge in [-0.25, -0.2) is 15.0 Å². The number of likely N-dealkylation sites (tertiary alicyclic amines) is 1. The van der Waals surface area contributed by atoms with Gasteiger partial charge in [-0.3, -0.25) is 9.88 Å². The number of fused-ring (bicyclic) bond motifs is 1. The zero-order valence-electron chi connectivity index (χ0n) is 19.5. The van der Waals surface area contributed by atoms with E-state index in [1.54, 1.807) is 17.5 Å². The lowest BCUT2D eigenvalue weighted by atomic mass is 10.2. The van der Waals surface area contributed by atoms with E-state index in [-0.39, 0.29) is 0 Å². The Bertz CT molecular complexity index is 1230. The zero-order valence-corrected chi connectivity index (χ0v) is 20.4. The number of anilines is 2. The van der Waals surface area contributed by atoms with E-state index in [0.29, 0.717) is 0 Å². The van der Waals surface area contributed by atoms with Crippen molar-refractivity contribution < 1.29 is 4.74 Å². The summed E-state index contributed by atoms with van der Waals surface area (Å²) in [5.41, 5.74) is 4.05. The van der Waals surface area contributed by atoms with Crippen LogP contribution in [0, 0.1) is 6.92 Å². The molecule has 4 aromatic heterocycles. The number of nitrogens with zero attached hydrogens (tertiary/aromatic N) is 5. The Morgan fingerprint density at radius 1 is 0.971 bits per heavy atom. The van der Waals surface area contributed by atoms with Crippen LogP contribution in [0.5, 0.6) is 0 Å². The molecule has 6 heterocycles. The Morgan fingerprint density at radius 2 is 1.82 bits per heavy atom. The van der Waals surface area contributed by atoms with Crippen LogP contribution in [0.1, 0.15) is 36.9 Å². The van der Waals surface area contributed by atoms with Crippen LogP contribution in [0.3, 0.4) is 0 Å². The summed E-state index contributed by atoms with van der Waals surface area (Å²) in [5.74, 6) is 1.56. The van der Waals surface area contributed by atoms with Crippen molar-refractivity contribution in [2.45, 2.75) is 39.2 Å². The molecule has 7 nitrogen and oxygen atoms in total. The monoisotopic (exact) mass is 474 g/mol. The lowest BCUT2D eigenvalue weighted by Crippen LogP contribution is -2.19. The molecule has 6 rings (SSSR count). The molecular weight excluding hydrogens is 444 g/mol. The summed E-state index contributed by atoms with van der Waals surface area (Å²) in [4.78, 5) is 21.0. The van der Waals surface area contributed by atoms with Gasteiger partial charge in [0.1, 0.15) is 22.3 Å². The summed E-state index contributed by atoms with van der Waals surface area (Å²) >= 11 is 1.61. The van der Waals surface area contributed by atoms with Crippen LogP contribution in [-0.4, -0.2) is 51.1 Å². The SMILES string of the molecule is C1CCOC1.Cc1cccnc1-c1nc2cc(Nc3cccc(CN4CCCC4)n3)ncc2s1. The third-order valence-corrected chi connectivity index (χ3v) is 6.97. The second-order valence-corrected chi connectivity index (χ2v) is 9.70. The first-order valence-corrected chi connectivity index (χ1v) is 12.8. The molecule has 0 aliphatic carbocycles. The van der Waals surface area contributed by atoms with Crippen molar-refractivity contribution in [3.8, 4) is 10.7 Å². The van der Waals surface area contributed by atoms with E-state index in [1.807, 2.05) is 30.5 Å². The van der Waals surface area contributed by atoms with Crippen molar-refractivity contribution in [1.82, 2.24) is 24.8 Å². The van der Waals surface area contributed by atoms with Gasteiger partial charge in [0.05, 0.1) is 15.9 Å². The van der Waals surface area contributed by atoms with Gasteiger partial charge >= 0.3 is 0 Å². The van der Waals surface area contributed by atoms with E-state index in [4.69, 9.17) is 14.7 Å². The topological polar surface area (TPSA) is 76.1 Å². The van der Waals surface area contributed by atoms with Gasteiger partial charge < -0.3 is 10.1 Å². The molecule has 0 atom stereocenters. The minimum atomic E-state index is 0.748. The normalized spacial score (nSPS) is 15.9. The fourth-order valence-electron chi connectivity index (χ4n) is 4.16. The smallest absolute Gasteiger partial charge is 0.143 e. The molecular formula is C26H30N6OS. The summed E-state index contributed by atoms with van der Waals surface area (Å²) in [5, 5.41) is 4.25. The van der Waals surface area contributed by atoms with Crippen molar-refractivity contribution in [3.63, 3.8) is 0 Å². The molecule has 2 aliphatic rings. The summed E-state index contributed by atoms with van der Waals surface area (Å²) in [6.45, 7) is 7.29. The van der Waals surface area contributed by atoms with Crippen LogP contribution in [0.2, 0.25) is 0 Å². The lowest BCUT2D eigenvalue weighted by Gasteiger charge is -2.14. The van der Waals surface area contributed by atoms with Gasteiger partial charge in [0.15, 0.2) is 0 Å². The largest absolute Gasteiger partial charge is 0.381 e. The summed E-state index contributed by atoms with van der Waals surface area (Å²) in [7, 11) is 0. The first kappa shape index (κ1) is 22.8. The average molecular weight is 475 g/mol. The zero-order chi connectivity index (χ0) is 23.2. The van der Waals surface area contributed by atoms with Crippen molar-refractivity contribution >= 4 is 33.2 Å². The highest BCUT2D eigenvalue weighted by Crippen LogP contribution is 2.31. The molecule has 0 radical (unpaired) electrons. The third kappa shape index (κ3) is 5.75. The number of hydrogen-bond acceptors (Lipinski definition) is 8. The third-order valence-electron chi connectivity index (χ3n) is 5.96. The molecule has 2 aliphatic heterocycles. The lowest BCUT2D eigenvalue weighted by molar-refractivity contribution is 0.198. The van der Waals surface area contributed by atoms with Gasteiger partial charge in [0, 0.05) is 38.2 Å². The van der Waals surface area contributed by atoms with Crippen LogP contribution in [0.15, 0.2) is 48.8 Å². The van der Waals surface area contributed by atoms with Gasteiger partial charge in [-0.2, -0.15) is 0 Å². The molecule has 2 fully saturated rings. The molecule has 0 bridgehead atoms. The molecule has 8 heteroatoms. The molecule has 1 N–H and O–H groups in total. The number of ether oxygens (including phenoxy) is 1. The molecule has 0 amide bonds. The van der Waals surface area contributed by atoms with Gasteiger partial charge in [0.25, 0.3) is 0 Å². The molecule has 2 saturated heterocycles. The molecule has 0 aromatic carbocycles. The maximum atomic E-state index is 4.94. The van der Waals surface area contributed by atoms with E-state index >= 15 is 0 Å². The molecule has 34 heavy (non-hydrogen) atoms. The number of thiazole rings is 1. The number of pyridine rings is 3. The van der Waals surface area contributed by atoms with Crippen LogP contribution in [-0.2, 0) is 11.3 Å². The number of hydrogen-bond donors (Lipinski definition) is 1. The van der Waals surface area contributed by atoms with E-state index in [0.717, 1.165) is 63.6 Å². The minimum absolute atomic E-state index is 0.748. The van der Waals surface area contributed by atoms with Crippen molar-refractivity contribution in [2.75, 3.05) is 31.6 Å². The predicted octanol–water partition coefficient (Wildman–Crippen LogP) is 5.59. The van der Waals surface area contributed by atoms with Gasteiger partial charge in [-0.05, 0) is 69.5 Å². The first-order chi connectivity index (χ1) is 16.7. The molecule has 176 valence electrons. The van der Waals surface area contributed by atoms with Gasteiger partial charge in [-0.15, -0.1) is 11.3 Å². The summed E-state index contributed by atoms with van der Waals surface area (Å²) < 4.78 is 5.99. The highest BCUT2D eigenvalue weighted by Gasteiger charge is 2.13. The Morgan fingerprint density at radius 3 is 2.59 bits per heavy atom. The summed E-state index contributed by atoms with van der Waals surface area (Å²) in [6.07, 6.45) is 8.80. The van der Waals surface area contributed by atoms with E-state index < -0.39 is 0 Å². The molecule has 0 spiro atoms. The standard InChI is InChI=1S/C22H22N6S.C4H8O/c1-15-6-5-9-23-21(15)22-26-17-12-20(24-13-18(17)29-22)27-19-8-4-7-16(25-19)14-28-10-2-3-11-28;1-2-4-5-3-1/h4-9,12-13H,2-3,10-11,14H2,1H3,(H,24,25,27);1-4H2. The molecule has 0 unspecified atom stereocenters. The molecule has 4 aromatic rings. The Balaban J connectivity index is 0.000000429. The van der Waals surface area contributed by atoms with Crippen molar-refractivity contribution in [2.24, 2.45) is 0 Å². The Hall–Kier alpha value is -2.94. The van der Waals surface area contributed by atoms with Gasteiger partial charge in [-0.1, -0.05) is 12.1 Å². The molecule has 0 saturated carbocycles. The van der Waals surface area contributed by atoms with E-state index in [1.165, 1.54) is 38.8 Å². The van der Waals surface area contributed by atoms with Crippen LogP contribution in [0.25, 0.3) is 20.9 Å². The van der Waals surface area contributed by atoms with Crippen molar-refractivity contribution in [1.29, 1.82) is 0 Å². The fraction of sp³-hybridized carbons (Fsp3) is 0.385. The second kappa shape index (κ2) is 11.0. The predicted molar refractivity (Wildman–Crippen MR) is 137 cm³/mol. The van der Waals surface area contributed by atoms with E-state index in [9.17, 15) is 0 Å². The maximum absolute atomic E-state index is 4.94. The van der Waals surface area contributed by atoms with Gasteiger partial charge in [0.2, 0.25) is 0 Å². The quantitative estimate of drug-likeness (QED) is 0.404. The minimum Gasteiger partial charge on any atom is -0.381 e. The number of nitrogens with one attached hydrogen (secondary N) is 1. The van der Waals surface area contributed by atoms with Crippen LogP contribution >= 0.6 is 11.3 Å².